The molecule has 110 valence electrons. The van der Waals surface area contributed by atoms with Crippen molar-refractivity contribution in [3.8, 4) is 0 Å². The summed E-state index contributed by atoms with van der Waals surface area (Å²) in [6.07, 6.45) is 2.87. The molecule has 0 spiro atoms. The van der Waals surface area contributed by atoms with E-state index in [0.29, 0.717) is 12.6 Å². The molecule has 4 nitrogen and oxygen atoms in total. The zero-order valence-corrected chi connectivity index (χ0v) is 12.1. The largest absolute Gasteiger partial charge is 0.469 e. The van der Waals surface area contributed by atoms with E-state index in [-0.39, 0.29) is 11.9 Å². The van der Waals surface area contributed by atoms with Gasteiger partial charge in [-0.15, -0.1) is 0 Å². The van der Waals surface area contributed by atoms with E-state index in [1.54, 1.807) is 0 Å². The molecule has 1 heterocycles. The number of carbonyl (C=O) groups is 1. The van der Waals surface area contributed by atoms with Gasteiger partial charge in [-0.25, -0.2) is 0 Å². The van der Waals surface area contributed by atoms with Gasteiger partial charge in [0.15, 0.2) is 0 Å². The summed E-state index contributed by atoms with van der Waals surface area (Å²) in [5.74, 6) is -0.0907. The number of benzene rings is 1. The molecule has 0 aromatic heterocycles. The van der Waals surface area contributed by atoms with Crippen molar-refractivity contribution >= 4 is 5.97 Å². The number of hydrogen-bond donors (Lipinski definition) is 1. The first-order valence-corrected chi connectivity index (χ1v) is 7.33. The normalized spacial score (nSPS) is 21.4. The minimum absolute atomic E-state index is 0.00210. The number of rotatable bonds is 5. The van der Waals surface area contributed by atoms with Crippen molar-refractivity contribution in [2.24, 2.45) is 11.7 Å². The molecule has 1 fully saturated rings. The molecule has 1 aromatic carbocycles. The van der Waals surface area contributed by atoms with E-state index in [1.165, 1.54) is 12.7 Å². The van der Waals surface area contributed by atoms with Crippen LogP contribution in [0.5, 0.6) is 0 Å². The number of piperidine rings is 1. The number of likely N-dealkylation sites (tertiary alicyclic amines) is 1. The zero-order chi connectivity index (χ0) is 14.4. The monoisotopic (exact) mass is 276 g/mol. The summed E-state index contributed by atoms with van der Waals surface area (Å²) < 4.78 is 4.89. The van der Waals surface area contributed by atoms with Gasteiger partial charge >= 0.3 is 5.97 Å². The summed E-state index contributed by atoms with van der Waals surface area (Å²) in [7, 11) is 1.47. The minimum atomic E-state index is -0.0886. The van der Waals surface area contributed by atoms with Crippen LogP contribution >= 0.6 is 0 Å². The first-order valence-electron chi connectivity index (χ1n) is 7.33. The third-order valence-corrected chi connectivity index (χ3v) is 4.05. The highest BCUT2D eigenvalue weighted by atomic mass is 16.5. The average molecular weight is 276 g/mol. The number of ether oxygens (including phenoxy) is 1. The fourth-order valence-corrected chi connectivity index (χ4v) is 3.04. The van der Waals surface area contributed by atoms with Gasteiger partial charge in [-0.3, -0.25) is 9.69 Å². The molecule has 2 N–H and O–H groups in total. The van der Waals surface area contributed by atoms with Crippen LogP contribution in [0, 0.1) is 5.92 Å². The molecule has 2 unspecified atom stereocenters. The summed E-state index contributed by atoms with van der Waals surface area (Å²) >= 11 is 0. The second-order valence-corrected chi connectivity index (χ2v) is 5.36. The van der Waals surface area contributed by atoms with Gasteiger partial charge in [0, 0.05) is 12.6 Å². The van der Waals surface area contributed by atoms with Crippen molar-refractivity contribution in [2.75, 3.05) is 26.7 Å². The maximum absolute atomic E-state index is 11.8. The lowest BCUT2D eigenvalue weighted by Gasteiger charge is -2.37. The van der Waals surface area contributed by atoms with Crippen molar-refractivity contribution in [2.45, 2.75) is 25.3 Å². The molecular formula is C16H24N2O2. The fraction of sp³-hybridized carbons (Fsp3) is 0.562. The molecular weight excluding hydrogens is 252 g/mol. The molecule has 0 radical (unpaired) electrons. The van der Waals surface area contributed by atoms with Crippen LogP contribution in [0.4, 0.5) is 0 Å². The number of nitrogens with zero attached hydrogens (tertiary/aromatic N) is 1. The summed E-state index contributed by atoms with van der Waals surface area (Å²) in [4.78, 5) is 14.1. The minimum Gasteiger partial charge on any atom is -0.469 e. The summed E-state index contributed by atoms with van der Waals surface area (Å²) in [6, 6.07) is 10.7. The van der Waals surface area contributed by atoms with Crippen LogP contribution in [0.1, 0.15) is 30.9 Å². The van der Waals surface area contributed by atoms with Crippen molar-refractivity contribution in [3.63, 3.8) is 0 Å². The summed E-state index contributed by atoms with van der Waals surface area (Å²) in [6.45, 7) is 2.44. The Labute approximate surface area is 120 Å². The number of methoxy groups -OCH3 is 1. The second-order valence-electron chi connectivity index (χ2n) is 5.36. The first kappa shape index (κ1) is 15.0. The van der Waals surface area contributed by atoms with E-state index in [2.05, 4.69) is 29.2 Å². The van der Waals surface area contributed by atoms with Gasteiger partial charge in [-0.1, -0.05) is 30.3 Å². The van der Waals surface area contributed by atoms with Crippen LogP contribution in [-0.4, -0.2) is 37.6 Å². The second kappa shape index (κ2) is 7.41. The third kappa shape index (κ3) is 3.58. The van der Waals surface area contributed by atoms with Crippen molar-refractivity contribution in [3.05, 3.63) is 35.9 Å². The fourth-order valence-electron chi connectivity index (χ4n) is 3.04. The lowest BCUT2D eigenvalue weighted by atomic mass is 9.93. The van der Waals surface area contributed by atoms with Crippen LogP contribution in [0.2, 0.25) is 0 Å². The number of hydrogen-bond acceptors (Lipinski definition) is 4. The van der Waals surface area contributed by atoms with Crippen LogP contribution in [0.15, 0.2) is 30.3 Å². The Hall–Kier alpha value is -1.39. The van der Waals surface area contributed by atoms with E-state index in [1.807, 2.05) is 6.07 Å². The quantitative estimate of drug-likeness (QED) is 0.835. The topological polar surface area (TPSA) is 55.6 Å². The molecule has 20 heavy (non-hydrogen) atoms. The maximum atomic E-state index is 11.8. The molecule has 0 bridgehead atoms. The molecule has 0 amide bonds. The Bertz CT molecular complexity index is 422. The SMILES string of the molecule is COC(=O)C1CCCN(C(CCN)c2ccccc2)C1. The lowest BCUT2D eigenvalue weighted by Crippen LogP contribution is -2.41. The number of nitrogens with two attached hydrogens (primary N) is 1. The van der Waals surface area contributed by atoms with Gasteiger partial charge in [0.05, 0.1) is 13.0 Å². The molecule has 0 saturated carbocycles. The Morgan fingerprint density at radius 3 is 2.85 bits per heavy atom. The predicted octanol–water partition coefficient (Wildman–Crippen LogP) is 1.96. The van der Waals surface area contributed by atoms with Gasteiger partial charge in [0.25, 0.3) is 0 Å². The Morgan fingerprint density at radius 2 is 2.20 bits per heavy atom. The molecule has 1 aliphatic rings. The van der Waals surface area contributed by atoms with Crippen LogP contribution < -0.4 is 5.73 Å². The highest BCUT2D eigenvalue weighted by Gasteiger charge is 2.30. The summed E-state index contributed by atoms with van der Waals surface area (Å²) in [5, 5.41) is 0. The molecule has 1 saturated heterocycles. The lowest BCUT2D eigenvalue weighted by molar-refractivity contribution is -0.147. The van der Waals surface area contributed by atoms with E-state index < -0.39 is 0 Å². The Kier molecular flexibility index (Phi) is 5.56. The van der Waals surface area contributed by atoms with E-state index in [4.69, 9.17) is 10.5 Å². The molecule has 0 aliphatic carbocycles. The highest BCUT2D eigenvalue weighted by Crippen LogP contribution is 2.29. The smallest absolute Gasteiger partial charge is 0.309 e. The maximum Gasteiger partial charge on any atom is 0.309 e. The van der Waals surface area contributed by atoms with Crippen LogP contribution in [0.3, 0.4) is 0 Å². The Morgan fingerprint density at radius 1 is 1.45 bits per heavy atom. The average Bonchev–Trinajstić information content (AvgIpc) is 2.52. The molecule has 2 atom stereocenters. The molecule has 2 rings (SSSR count). The van der Waals surface area contributed by atoms with Crippen LogP contribution in [-0.2, 0) is 9.53 Å². The van der Waals surface area contributed by atoms with E-state index in [0.717, 1.165) is 32.4 Å². The van der Waals surface area contributed by atoms with Crippen LogP contribution in [0.25, 0.3) is 0 Å². The third-order valence-electron chi connectivity index (χ3n) is 4.05. The van der Waals surface area contributed by atoms with Crippen molar-refractivity contribution in [1.82, 2.24) is 4.90 Å². The number of carbonyl (C=O) groups excluding carboxylic acids is 1. The highest BCUT2D eigenvalue weighted by molar-refractivity contribution is 5.72. The van der Waals surface area contributed by atoms with Gasteiger partial charge in [-0.2, -0.15) is 0 Å². The van der Waals surface area contributed by atoms with Crippen molar-refractivity contribution < 1.29 is 9.53 Å². The molecule has 1 aliphatic heterocycles. The van der Waals surface area contributed by atoms with Gasteiger partial charge in [0.1, 0.15) is 0 Å². The van der Waals surface area contributed by atoms with E-state index in [9.17, 15) is 4.79 Å². The standard InChI is InChI=1S/C16H24N2O2/c1-20-16(19)14-8-5-11-18(12-14)15(9-10-17)13-6-3-2-4-7-13/h2-4,6-7,14-15H,5,8-12,17H2,1H3. The zero-order valence-electron chi connectivity index (χ0n) is 12.1. The van der Waals surface area contributed by atoms with Gasteiger partial charge in [0.2, 0.25) is 0 Å². The number of esters is 1. The molecule has 4 heteroatoms. The first-order chi connectivity index (χ1) is 9.76. The summed E-state index contributed by atoms with van der Waals surface area (Å²) in [5.41, 5.74) is 7.06. The predicted molar refractivity (Wildman–Crippen MR) is 79.2 cm³/mol. The van der Waals surface area contributed by atoms with Gasteiger partial charge in [-0.05, 0) is 37.9 Å². The van der Waals surface area contributed by atoms with E-state index >= 15 is 0 Å². The Balaban J connectivity index is 2.11. The van der Waals surface area contributed by atoms with Crippen molar-refractivity contribution in [1.29, 1.82) is 0 Å². The van der Waals surface area contributed by atoms with Gasteiger partial charge < -0.3 is 10.5 Å². The molecule has 1 aromatic rings.